The standard InChI is InChI=1S/C18H20FNO4S/c1-4-24-18(21)17(14-8-6-5-7-12(14)2)13-9-10-16(15(19)11-13)20-25(3,22)23/h5-11,17,20H,4H2,1-3H3. The van der Waals surface area contributed by atoms with Gasteiger partial charge in [-0.05, 0) is 42.7 Å². The van der Waals surface area contributed by atoms with Crippen LogP contribution in [0.25, 0.3) is 0 Å². The van der Waals surface area contributed by atoms with E-state index in [1.165, 1.54) is 12.1 Å². The normalized spacial score (nSPS) is 12.5. The first-order chi connectivity index (χ1) is 11.7. The number of halogens is 1. The van der Waals surface area contributed by atoms with E-state index in [0.29, 0.717) is 11.1 Å². The third kappa shape index (κ3) is 4.79. The van der Waals surface area contributed by atoms with Crippen LogP contribution in [0.15, 0.2) is 42.5 Å². The summed E-state index contributed by atoms with van der Waals surface area (Å²) in [4.78, 5) is 12.5. The van der Waals surface area contributed by atoms with Crippen molar-refractivity contribution >= 4 is 21.7 Å². The Hall–Kier alpha value is -2.41. The van der Waals surface area contributed by atoms with Crippen LogP contribution in [0.4, 0.5) is 10.1 Å². The summed E-state index contributed by atoms with van der Waals surface area (Å²) in [6.45, 7) is 3.77. The Morgan fingerprint density at radius 3 is 2.48 bits per heavy atom. The van der Waals surface area contributed by atoms with Gasteiger partial charge in [0.05, 0.1) is 18.6 Å². The number of ether oxygens (including phenoxy) is 1. The molecule has 0 aliphatic heterocycles. The van der Waals surface area contributed by atoms with E-state index in [1.54, 1.807) is 19.1 Å². The van der Waals surface area contributed by atoms with Crippen molar-refractivity contribution in [1.29, 1.82) is 0 Å². The largest absolute Gasteiger partial charge is 0.465 e. The van der Waals surface area contributed by atoms with E-state index in [1.807, 2.05) is 19.1 Å². The van der Waals surface area contributed by atoms with Crippen LogP contribution in [0.2, 0.25) is 0 Å². The summed E-state index contributed by atoms with van der Waals surface area (Å²) in [6, 6.07) is 11.3. The number of nitrogens with one attached hydrogen (secondary N) is 1. The van der Waals surface area contributed by atoms with Crippen molar-refractivity contribution in [3.63, 3.8) is 0 Å². The number of esters is 1. The van der Waals surface area contributed by atoms with Crippen LogP contribution in [0.1, 0.15) is 29.5 Å². The number of aryl methyl sites for hydroxylation is 1. The summed E-state index contributed by atoms with van der Waals surface area (Å²) >= 11 is 0. The summed E-state index contributed by atoms with van der Waals surface area (Å²) in [5, 5.41) is 0. The first-order valence-corrected chi connectivity index (χ1v) is 9.61. The van der Waals surface area contributed by atoms with Crippen molar-refractivity contribution in [3.8, 4) is 0 Å². The van der Waals surface area contributed by atoms with Crippen LogP contribution in [-0.4, -0.2) is 27.2 Å². The van der Waals surface area contributed by atoms with Gasteiger partial charge in [0.2, 0.25) is 10.0 Å². The van der Waals surface area contributed by atoms with Crippen LogP contribution in [0.5, 0.6) is 0 Å². The van der Waals surface area contributed by atoms with E-state index >= 15 is 0 Å². The second-order valence-electron chi connectivity index (χ2n) is 5.66. The fourth-order valence-electron chi connectivity index (χ4n) is 2.57. The highest BCUT2D eigenvalue weighted by molar-refractivity contribution is 7.92. The molecule has 25 heavy (non-hydrogen) atoms. The predicted molar refractivity (Wildman–Crippen MR) is 94.5 cm³/mol. The minimum atomic E-state index is -3.60. The molecule has 0 bridgehead atoms. The fraction of sp³-hybridized carbons (Fsp3) is 0.278. The molecule has 0 saturated heterocycles. The summed E-state index contributed by atoms with van der Waals surface area (Å²) in [5.74, 6) is -2.03. The van der Waals surface area contributed by atoms with Crippen molar-refractivity contribution in [2.75, 3.05) is 17.6 Å². The van der Waals surface area contributed by atoms with Crippen molar-refractivity contribution in [2.24, 2.45) is 0 Å². The maximum absolute atomic E-state index is 14.3. The van der Waals surface area contributed by atoms with E-state index in [0.717, 1.165) is 17.9 Å². The molecule has 0 aliphatic rings. The molecule has 5 nitrogen and oxygen atoms in total. The number of rotatable bonds is 6. The number of hydrogen-bond donors (Lipinski definition) is 1. The Labute approximate surface area is 146 Å². The second-order valence-corrected chi connectivity index (χ2v) is 7.40. The van der Waals surface area contributed by atoms with Crippen molar-refractivity contribution in [1.82, 2.24) is 0 Å². The Morgan fingerprint density at radius 1 is 1.24 bits per heavy atom. The van der Waals surface area contributed by atoms with Crippen LogP contribution >= 0.6 is 0 Å². The highest BCUT2D eigenvalue weighted by Gasteiger charge is 2.26. The molecule has 0 radical (unpaired) electrons. The highest BCUT2D eigenvalue weighted by atomic mass is 32.2. The third-order valence-electron chi connectivity index (χ3n) is 3.64. The average Bonchev–Trinajstić information content (AvgIpc) is 2.51. The lowest BCUT2D eigenvalue weighted by atomic mass is 9.88. The molecular formula is C18H20FNO4S. The van der Waals surface area contributed by atoms with Crippen molar-refractivity contribution in [3.05, 3.63) is 65.0 Å². The monoisotopic (exact) mass is 365 g/mol. The van der Waals surface area contributed by atoms with Crippen LogP contribution in [0.3, 0.4) is 0 Å². The molecule has 0 heterocycles. The minimum Gasteiger partial charge on any atom is -0.465 e. The molecule has 0 saturated carbocycles. The topological polar surface area (TPSA) is 72.5 Å². The van der Waals surface area contributed by atoms with Gasteiger partial charge >= 0.3 is 5.97 Å². The molecule has 134 valence electrons. The number of hydrogen-bond acceptors (Lipinski definition) is 4. The number of carbonyl (C=O) groups excluding carboxylic acids is 1. The van der Waals surface area contributed by atoms with Gasteiger partial charge in [0.25, 0.3) is 0 Å². The first kappa shape index (κ1) is 18.9. The van der Waals surface area contributed by atoms with Gasteiger partial charge in [0.15, 0.2) is 0 Å². The Bertz CT molecular complexity index is 880. The highest BCUT2D eigenvalue weighted by Crippen LogP contribution is 2.31. The van der Waals surface area contributed by atoms with Gasteiger partial charge in [-0.15, -0.1) is 0 Å². The zero-order valence-electron chi connectivity index (χ0n) is 14.2. The number of anilines is 1. The lowest BCUT2D eigenvalue weighted by Gasteiger charge is -2.19. The zero-order valence-corrected chi connectivity index (χ0v) is 15.1. The predicted octanol–water partition coefficient (Wildman–Crippen LogP) is 3.20. The van der Waals surface area contributed by atoms with Crippen LogP contribution in [-0.2, 0) is 19.6 Å². The second kappa shape index (κ2) is 7.65. The van der Waals surface area contributed by atoms with Crippen molar-refractivity contribution < 1.29 is 22.3 Å². The molecule has 0 spiro atoms. The Balaban J connectivity index is 2.50. The van der Waals surface area contributed by atoms with Crippen LogP contribution < -0.4 is 4.72 Å². The summed E-state index contributed by atoms with van der Waals surface area (Å²) in [6.07, 6.45) is 0.940. The molecule has 0 fully saturated rings. The van der Waals surface area contributed by atoms with E-state index in [-0.39, 0.29) is 12.3 Å². The van der Waals surface area contributed by atoms with Gasteiger partial charge in [0, 0.05) is 0 Å². The maximum Gasteiger partial charge on any atom is 0.317 e. The fourth-order valence-corrected chi connectivity index (χ4v) is 3.14. The molecule has 0 aliphatic carbocycles. The SMILES string of the molecule is CCOC(=O)C(c1ccc(NS(C)(=O)=O)c(F)c1)c1ccccc1C. The smallest absolute Gasteiger partial charge is 0.317 e. The average molecular weight is 365 g/mol. The van der Waals surface area contributed by atoms with Gasteiger partial charge < -0.3 is 4.74 Å². The van der Waals surface area contributed by atoms with E-state index in [9.17, 15) is 17.6 Å². The summed E-state index contributed by atoms with van der Waals surface area (Å²) < 4.78 is 44.1. The zero-order chi connectivity index (χ0) is 18.6. The third-order valence-corrected chi connectivity index (χ3v) is 4.23. The summed E-state index contributed by atoms with van der Waals surface area (Å²) in [5.41, 5.74) is 1.81. The lowest BCUT2D eigenvalue weighted by molar-refractivity contribution is -0.143. The quantitative estimate of drug-likeness (QED) is 0.798. The Kier molecular flexibility index (Phi) is 5.79. The lowest BCUT2D eigenvalue weighted by Crippen LogP contribution is -2.19. The van der Waals surface area contributed by atoms with Gasteiger partial charge in [-0.3, -0.25) is 9.52 Å². The molecule has 0 aromatic heterocycles. The molecule has 1 unspecified atom stereocenters. The molecule has 7 heteroatoms. The molecule has 2 aromatic rings. The van der Waals surface area contributed by atoms with Crippen molar-refractivity contribution in [2.45, 2.75) is 19.8 Å². The first-order valence-electron chi connectivity index (χ1n) is 7.72. The number of sulfonamides is 1. The molecule has 1 N–H and O–H groups in total. The molecule has 1 atom stereocenters. The number of benzene rings is 2. The minimum absolute atomic E-state index is 0.168. The maximum atomic E-state index is 14.3. The molecular weight excluding hydrogens is 345 g/mol. The molecule has 0 amide bonds. The van der Waals surface area contributed by atoms with Gasteiger partial charge in [-0.1, -0.05) is 30.3 Å². The summed E-state index contributed by atoms with van der Waals surface area (Å²) in [7, 11) is -3.60. The van der Waals surface area contributed by atoms with E-state index in [4.69, 9.17) is 4.74 Å². The Morgan fingerprint density at radius 2 is 1.92 bits per heavy atom. The van der Waals surface area contributed by atoms with Gasteiger partial charge in [0.1, 0.15) is 11.7 Å². The number of carbonyl (C=O) groups is 1. The van der Waals surface area contributed by atoms with Gasteiger partial charge in [-0.2, -0.15) is 0 Å². The molecule has 2 rings (SSSR count). The van der Waals surface area contributed by atoms with Gasteiger partial charge in [-0.25, -0.2) is 12.8 Å². The van der Waals surface area contributed by atoms with Crippen LogP contribution in [0, 0.1) is 12.7 Å². The van der Waals surface area contributed by atoms with E-state index < -0.39 is 27.7 Å². The molecule has 2 aromatic carbocycles. The van der Waals surface area contributed by atoms with E-state index in [2.05, 4.69) is 4.72 Å².